The van der Waals surface area contributed by atoms with Crippen molar-refractivity contribution in [2.75, 3.05) is 33.5 Å². The Kier molecular flexibility index (Phi) is 7.09. The first kappa shape index (κ1) is 17.9. The summed E-state index contributed by atoms with van der Waals surface area (Å²) in [5.74, 6) is -0.625. The number of rotatable bonds is 9. The molecule has 0 spiro atoms. The number of hydrogen-bond acceptors (Lipinski definition) is 6. The molecule has 0 aliphatic rings. The van der Waals surface area contributed by atoms with Crippen LogP contribution in [0.1, 0.15) is 23.1 Å². The Morgan fingerprint density at radius 1 is 1.38 bits per heavy atom. The van der Waals surface area contributed by atoms with E-state index in [1.807, 2.05) is 0 Å². The number of aryl methyl sites for hydroxylation is 1. The number of aromatic nitrogens is 2. The van der Waals surface area contributed by atoms with Gasteiger partial charge in [-0.1, -0.05) is 6.92 Å². The first-order valence-corrected chi connectivity index (χ1v) is 8.59. The lowest BCUT2D eigenvalue weighted by Gasteiger charge is -2.05. The van der Waals surface area contributed by atoms with Gasteiger partial charge in [-0.2, -0.15) is 5.10 Å². The molecule has 0 saturated carbocycles. The lowest BCUT2D eigenvalue weighted by molar-refractivity contribution is 0.0691. The molecule has 120 valence electrons. The normalized spacial score (nSPS) is 11.6. The fourth-order valence-corrected chi connectivity index (χ4v) is 2.94. The van der Waals surface area contributed by atoms with E-state index in [0.29, 0.717) is 25.3 Å². The molecule has 0 aromatic carbocycles. The Labute approximate surface area is 127 Å². The van der Waals surface area contributed by atoms with Crippen LogP contribution in [-0.2, 0) is 24.9 Å². The molecule has 0 radical (unpaired) electrons. The lowest BCUT2D eigenvalue weighted by atomic mass is 10.3. The van der Waals surface area contributed by atoms with E-state index >= 15 is 0 Å². The number of halogens is 1. The molecule has 0 aliphatic heterocycles. The maximum Gasteiger partial charge on any atom is 0.273 e. The van der Waals surface area contributed by atoms with Crippen molar-refractivity contribution in [3.63, 3.8) is 0 Å². The summed E-state index contributed by atoms with van der Waals surface area (Å²) in [6.07, 6.45) is 0.363. The van der Waals surface area contributed by atoms with Crippen molar-refractivity contribution >= 4 is 25.6 Å². The fourth-order valence-electron chi connectivity index (χ4n) is 1.59. The average Bonchev–Trinajstić information content (AvgIpc) is 2.86. The first-order valence-electron chi connectivity index (χ1n) is 6.28. The second kappa shape index (κ2) is 8.32. The Hall–Kier alpha value is -1.16. The highest BCUT2D eigenvalue weighted by atomic mass is 35.7. The number of amides is 1. The van der Waals surface area contributed by atoms with Gasteiger partial charge < -0.3 is 14.8 Å². The van der Waals surface area contributed by atoms with Gasteiger partial charge in [-0.25, -0.2) is 8.42 Å². The zero-order chi connectivity index (χ0) is 15.9. The molecule has 1 rings (SSSR count). The minimum atomic E-state index is -4.05. The number of aromatic amines is 1. The molecular weight excluding hydrogens is 322 g/mol. The highest BCUT2D eigenvalue weighted by Crippen LogP contribution is 2.22. The minimum absolute atomic E-state index is 0.221. The predicted octanol–water partition coefficient (Wildman–Crippen LogP) is 0.292. The molecule has 0 atom stereocenters. The first-order chi connectivity index (χ1) is 9.91. The van der Waals surface area contributed by atoms with Gasteiger partial charge in [-0.15, -0.1) is 0 Å². The highest BCUT2D eigenvalue weighted by Gasteiger charge is 2.27. The molecule has 21 heavy (non-hydrogen) atoms. The Bertz CT molecular complexity index is 572. The van der Waals surface area contributed by atoms with Crippen LogP contribution in [0.15, 0.2) is 4.90 Å². The maximum atomic E-state index is 11.9. The summed E-state index contributed by atoms with van der Waals surface area (Å²) in [5, 5.41) is 8.74. The van der Waals surface area contributed by atoms with E-state index in [1.165, 1.54) is 0 Å². The monoisotopic (exact) mass is 339 g/mol. The zero-order valence-electron chi connectivity index (χ0n) is 11.8. The Balaban J connectivity index is 2.65. The van der Waals surface area contributed by atoms with Gasteiger partial charge in [0, 0.05) is 24.3 Å². The van der Waals surface area contributed by atoms with Crippen LogP contribution in [0.5, 0.6) is 0 Å². The summed E-state index contributed by atoms with van der Waals surface area (Å²) in [5.41, 5.74) is 0.0604. The van der Waals surface area contributed by atoms with Crippen LogP contribution < -0.4 is 5.32 Å². The van der Waals surface area contributed by atoms with Crippen LogP contribution in [0.4, 0.5) is 0 Å². The molecule has 1 aromatic rings. The molecule has 0 bridgehead atoms. The third-order valence-electron chi connectivity index (χ3n) is 2.57. The van der Waals surface area contributed by atoms with Gasteiger partial charge in [0.2, 0.25) is 0 Å². The zero-order valence-corrected chi connectivity index (χ0v) is 13.4. The molecule has 2 N–H and O–H groups in total. The smallest absolute Gasteiger partial charge is 0.273 e. The van der Waals surface area contributed by atoms with Crippen molar-refractivity contribution in [2.45, 2.75) is 18.2 Å². The van der Waals surface area contributed by atoms with Crippen LogP contribution in [0, 0.1) is 0 Å². The Morgan fingerprint density at radius 2 is 2.10 bits per heavy atom. The summed E-state index contributed by atoms with van der Waals surface area (Å²) in [6.45, 7) is 3.10. The fraction of sp³-hybridized carbons (Fsp3) is 0.636. The minimum Gasteiger partial charge on any atom is -0.382 e. The van der Waals surface area contributed by atoms with Crippen LogP contribution in [-0.4, -0.2) is 58.0 Å². The summed E-state index contributed by atoms with van der Waals surface area (Å²) < 4.78 is 33.0. The number of nitrogens with zero attached hydrogens (tertiary/aromatic N) is 1. The third kappa shape index (κ3) is 5.27. The SMILES string of the molecule is CCc1[nH]nc(C(=O)NCCOCCOC)c1S(=O)(=O)Cl. The third-order valence-corrected chi connectivity index (χ3v) is 3.96. The molecule has 8 nitrogen and oxygen atoms in total. The van der Waals surface area contributed by atoms with Gasteiger partial charge in [0.1, 0.15) is 4.90 Å². The molecular formula is C11H18ClN3O5S. The molecule has 0 fully saturated rings. The van der Waals surface area contributed by atoms with Gasteiger partial charge in [0.05, 0.1) is 25.5 Å². The molecule has 1 heterocycles. The topological polar surface area (TPSA) is 110 Å². The molecule has 0 saturated heterocycles. The molecule has 1 amide bonds. The van der Waals surface area contributed by atoms with Gasteiger partial charge in [0.15, 0.2) is 5.69 Å². The van der Waals surface area contributed by atoms with Crippen molar-refractivity contribution in [1.29, 1.82) is 0 Å². The number of nitrogens with one attached hydrogen (secondary N) is 2. The van der Waals surface area contributed by atoms with Gasteiger partial charge >= 0.3 is 0 Å². The van der Waals surface area contributed by atoms with Crippen LogP contribution in [0.25, 0.3) is 0 Å². The van der Waals surface area contributed by atoms with Gasteiger partial charge in [0.25, 0.3) is 15.0 Å². The second-order valence-electron chi connectivity index (χ2n) is 4.03. The van der Waals surface area contributed by atoms with E-state index in [-0.39, 0.29) is 23.7 Å². The molecule has 0 aliphatic carbocycles. The van der Waals surface area contributed by atoms with E-state index in [4.69, 9.17) is 20.2 Å². The van der Waals surface area contributed by atoms with Crippen molar-refractivity contribution in [3.8, 4) is 0 Å². The van der Waals surface area contributed by atoms with Gasteiger partial charge in [-0.05, 0) is 6.42 Å². The molecule has 1 aromatic heterocycles. The average molecular weight is 340 g/mol. The van der Waals surface area contributed by atoms with E-state index in [2.05, 4.69) is 15.5 Å². The van der Waals surface area contributed by atoms with Crippen molar-refractivity contribution in [1.82, 2.24) is 15.5 Å². The predicted molar refractivity (Wildman–Crippen MR) is 76.0 cm³/mol. The van der Waals surface area contributed by atoms with E-state index in [0.717, 1.165) is 0 Å². The van der Waals surface area contributed by atoms with Crippen molar-refractivity contribution in [2.24, 2.45) is 0 Å². The second-order valence-corrected chi connectivity index (χ2v) is 6.54. The summed E-state index contributed by atoms with van der Waals surface area (Å²) >= 11 is 0. The number of hydrogen-bond donors (Lipinski definition) is 2. The van der Waals surface area contributed by atoms with E-state index in [1.54, 1.807) is 14.0 Å². The number of carbonyl (C=O) groups excluding carboxylic acids is 1. The summed E-state index contributed by atoms with van der Waals surface area (Å²) in [4.78, 5) is 11.7. The number of H-pyrrole nitrogens is 1. The number of methoxy groups -OCH3 is 1. The molecule has 0 unspecified atom stereocenters. The lowest BCUT2D eigenvalue weighted by Crippen LogP contribution is -2.29. The van der Waals surface area contributed by atoms with Crippen LogP contribution in [0.2, 0.25) is 0 Å². The standard InChI is InChI=1S/C11H18ClN3O5S/c1-3-8-10(21(12,17)18)9(15-14-8)11(16)13-4-5-20-7-6-19-2/h3-7H2,1-2H3,(H,13,16)(H,14,15). The van der Waals surface area contributed by atoms with Crippen molar-refractivity contribution < 1.29 is 22.7 Å². The van der Waals surface area contributed by atoms with E-state index < -0.39 is 15.0 Å². The highest BCUT2D eigenvalue weighted by molar-refractivity contribution is 8.13. The summed E-state index contributed by atoms with van der Waals surface area (Å²) in [6, 6.07) is 0. The van der Waals surface area contributed by atoms with Crippen LogP contribution >= 0.6 is 10.7 Å². The Morgan fingerprint density at radius 3 is 2.67 bits per heavy atom. The molecule has 10 heteroatoms. The van der Waals surface area contributed by atoms with E-state index in [9.17, 15) is 13.2 Å². The van der Waals surface area contributed by atoms with Gasteiger partial charge in [-0.3, -0.25) is 9.89 Å². The number of ether oxygens (including phenoxy) is 2. The largest absolute Gasteiger partial charge is 0.382 e. The quantitative estimate of drug-likeness (QED) is 0.494. The van der Waals surface area contributed by atoms with Crippen LogP contribution in [0.3, 0.4) is 0 Å². The van der Waals surface area contributed by atoms with Crippen molar-refractivity contribution in [3.05, 3.63) is 11.4 Å². The number of carbonyl (C=O) groups is 1. The maximum absolute atomic E-state index is 11.9. The summed E-state index contributed by atoms with van der Waals surface area (Å²) in [7, 11) is 2.85.